The van der Waals surface area contributed by atoms with Gasteiger partial charge in [0.05, 0.1) is 13.7 Å². The summed E-state index contributed by atoms with van der Waals surface area (Å²) in [7, 11) is 3.47. The summed E-state index contributed by atoms with van der Waals surface area (Å²) in [6, 6.07) is 8.23. The molecule has 0 heterocycles. The second kappa shape index (κ2) is 12.5. The van der Waals surface area contributed by atoms with Gasteiger partial charge in [0.15, 0.2) is 17.5 Å². The van der Waals surface area contributed by atoms with Gasteiger partial charge in [-0.15, -0.1) is 24.0 Å². The van der Waals surface area contributed by atoms with Crippen molar-refractivity contribution in [3.63, 3.8) is 0 Å². The molecule has 2 N–H and O–H groups in total. The van der Waals surface area contributed by atoms with Crippen molar-refractivity contribution in [2.24, 2.45) is 4.99 Å². The number of rotatable bonds is 8. The number of halogens is 1. The predicted molar refractivity (Wildman–Crippen MR) is 123 cm³/mol. The average Bonchev–Trinajstić information content (AvgIpc) is 3.06. The van der Waals surface area contributed by atoms with Gasteiger partial charge in [-0.2, -0.15) is 11.8 Å². The molecule has 0 aromatic heterocycles. The maximum atomic E-state index is 5.98. The van der Waals surface area contributed by atoms with Crippen LogP contribution in [-0.2, 0) is 0 Å². The van der Waals surface area contributed by atoms with Crippen molar-refractivity contribution < 1.29 is 9.47 Å². The molecule has 1 saturated carbocycles. The van der Waals surface area contributed by atoms with Crippen LogP contribution in [-0.4, -0.2) is 49.8 Å². The maximum Gasteiger partial charge on any atom is 0.191 e. The molecule has 26 heavy (non-hydrogen) atoms. The number of thioether (sulfide) groups is 1. The Morgan fingerprint density at radius 2 is 2.04 bits per heavy atom. The zero-order valence-corrected chi connectivity index (χ0v) is 19.3. The summed E-state index contributed by atoms with van der Waals surface area (Å²) in [6.45, 7) is 4.95. The summed E-state index contributed by atoms with van der Waals surface area (Å²) < 4.78 is 11.3. The molecule has 1 fully saturated rings. The number of guanidine groups is 1. The van der Waals surface area contributed by atoms with Gasteiger partial charge in [-0.05, 0) is 44.1 Å². The highest BCUT2D eigenvalue weighted by atomic mass is 127. The van der Waals surface area contributed by atoms with E-state index in [1.54, 1.807) is 7.11 Å². The lowest BCUT2D eigenvalue weighted by Crippen LogP contribution is -2.45. The van der Waals surface area contributed by atoms with Crippen molar-refractivity contribution in [1.82, 2.24) is 10.6 Å². The summed E-state index contributed by atoms with van der Waals surface area (Å²) >= 11 is 2.07. The van der Waals surface area contributed by atoms with Gasteiger partial charge in [-0.25, -0.2) is 0 Å². The Bertz CT molecular complexity index is 559. The third kappa shape index (κ3) is 7.42. The fourth-order valence-corrected chi connectivity index (χ4v) is 4.20. The van der Waals surface area contributed by atoms with E-state index in [0.717, 1.165) is 22.7 Å². The third-order valence-corrected chi connectivity index (χ3v) is 5.54. The van der Waals surface area contributed by atoms with Crippen molar-refractivity contribution >= 4 is 41.7 Å². The van der Waals surface area contributed by atoms with Crippen LogP contribution in [0.2, 0.25) is 0 Å². The van der Waals surface area contributed by atoms with Crippen molar-refractivity contribution in [3.8, 4) is 11.5 Å². The van der Waals surface area contributed by atoms with Gasteiger partial charge in [-0.3, -0.25) is 4.99 Å². The molecule has 148 valence electrons. The maximum absolute atomic E-state index is 5.98. The summed E-state index contributed by atoms with van der Waals surface area (Å²) in [6.07, 6.45) is 3.72. The SMILES string of the molecule is CCSC1CCC(NC(=NC)NCC(C)Oc2ccccc2OC)C1.I. The average molecular weight is 493 g/mol. The molecule has 0 saturated heterocycles. The topological polar surface area (TPSA) is 54.9 Å². The molecule has 3 atom stereocenters. The van der Waals surface area contributed by atoms with E-state index < -0.39 is 0 Å². The van der Waals surface area contributed by atoms with E-state index >= 15 is 0 Å². The third-order valence-electron chi connectivity index (χ3n) is 4.31. The number of hydrogen-bond acceptors (Lipinski definition) is 4. The predicted octanol–water partition coefficient (Wildman–Crippen LogP) is 3.92. The lowest BCUT2D eigenvalue weighted by molar-refractivity contribution is 0.213. The van der Waals surface area contributed by atoms with E-state index in [1.807, 2.05) is 38.2 Å². The first-order chi connectivity index (χ1) is 12.2. The van der Waals surface area contributed by atoms with E-state index in [4.69, 9.17) is 9.47 Å². The number of benzene rings is 1. The van der Waals surface area contributed by atoms with Gasteiger partial charge >= 0.3 is 0 Å². The van der Waals surface area contributed by atoms with Gasteiger partial charge in [0, 0.05) is 18.3 Å². The quantitative estimate of drug-likeness (QED) is 0.327. The van der Waals surface area contributed by atoms with Crippen LogP contribution in [0, 0.1) is 0 Å². The Morgan fingerprint density at radius 1 is 1.31 bits per heavy atom. The summed E-state index contributed by atoms with van der Waals surface area (Å²) in [5.74, 6) is 3.56. The van der Waals surface area contributed by atoms with Crippen LogP contribution in [0.1, 0.15) is 33.1 Å². The molecule has 1 aliphatic carbocycles. The second-order valence-electron chi connectivity index (χ2n) is 6.26. The standard InChI is InChI=1S/C19H31N3O2S.HI/c1-5-25-16-11-10-15(12-16)22-19(20-3)21-13-14(2)24-18-9-7-6-8-17(18)23-4;/h6-9,14-16H,5,10-13H2,1-4H3,(H2,20,21,22);1H. The van der Waals surface area contributed by atoms with Crippen molar-refractivity contribution in [1.29, 1.82) is 0 Å². The minimum Gasteiger partial charge on any atom is -0.493 e. The fraction of sp³-hybridized carbons (Fsp3) is 0.632. The van der Waals surface area contributed by atoms with Crippen molar-refractivity contribution in [2.75, 3.05) is 26.5 Å². The molecule has 2 rings (SSSR count). The first-order valence-corrected chi connectivity index (χ1v) is 10.1. The number of hydrogen-bond donors (Lipinski definition) is 2. The van der Waals surface area contributed by atoms with E-state index in [0.29, 0.717) is 12.6 Å². The first-order valence-electron chi connectivity index (χ1n) is 9.04. The Morgan fingerprint density at radius 3 is 2.69 bits per heavy atom. The molecule has 0 aliphatic heterocycles. The molecule has 0 amide bonds. The highest BCUT2D eigenvalue weighted by Gasteiger charge is 2.25. The molecule has 5 nitrogen and oxygen atoms in total. The highest BCUT2D eigenvalue weighted by molar-refractivity contribution is 14.0. The van der Waals surface area contributed by atoms with Gasteiger partial charge < -0.3 is 20.1 Å². The summed E-state index contributed by atoms with van der Waals surface area (Å²) in [4.78, 5) is 4.34. The van der Waals surface area contributed by atoms with E-state index in [9.17, 15) is 0 Å². The number of para-hydroxylation sites is 2. The van der Waals surface area contributed by atoms with Gasteiger partial charge in [-0.1, -0.05) is 19.1 Å². The van der Waals surface area contributed by atoms with Gasteiger partial charge in [0.2, 0.25) is 0 Å². The lowest BCUT2D eigenvalue weighted by Gasteiger charge is -2.21. The fourth-order valence-electron chi connectivity index (χ4n) is 3.06. The molecule has 1 aromatic carbocycles. The van der Waals surface area contributed by atoms with Gasteiger partial charge in [0.1, 0.15) is 6.10 Å². The zero-order chi connectivity index (χ0) is 18.1. The minimum atomic E-state index is 0. The van der Waals surface area contributed by atoms with Crippen LogP contribution in [0.4, 0.5) is 0 Å². The number of nitrogens with one attached hydrogen (secondary N) is 2. The van der Waals surface area contributed by atoms with Crippen LogP contribution < -0.4 is 20.1 Å². The first kappa shape index (κ1) is 23.2. The molecule has 1 aromatic rings. The van der Waals surface area contributed by atoms with Crippen LogP contribution in [0.25, 0.3) is 0 Å². The number of methoxy groups -OCH3 is 1. The number of aliphatic imine (C=N–C) groups is 1. The molecular formula is C19H32IN3O2S. The molecule has 0 bridgehead atoms. The van der Waals surface area contributed by atoms with E-state index in [2.05, 4.69) is 34.3 Å². The number of nitrogens with zero attached hydrogens (tertiary/aromatic N) is 1. The molecular weight excluding hydrogens is 461 g/mol. The van der Waals surface area contributed by atoms with Crippen LogP contribution in [0.15, 0.2) is 29.3 Å². The van der Waals surface area contributed by atoms with Crippen molar-refractivity contribution in [3.05, 3.63) is 24.3 Å². The summed E-state index contributed by atoms with van der Waals surface area (Å²) in [5.41, 5.74) is 0. The van der Waals surface area contributed by atoms with Gasteiger partial charge in [0.25, 0.3) is 0 Å². The number of ether oxygens (including phenoxy) is 2. The Kier molecular flexibility index (Phi) is 11.2. The Hall–Kier alpha value is -0.830. The molecule has 0 radical (unpaired) electrons. The minimum absolute atomic E-state index is 0. The molecule has 7 heteroatoms. The Labute approximate surface area is 179 Å². The largest absolute Gasteiger partial charge is 0.493 e. The molecule has 3 unspecified atom stereocenters. The molecule has 0 spiro atoms. The second-order valence-corrected chi connectivity index (χ2v) is 7.84. The zero-order valence-electron chi connectivity index (χ0n) is 16.2. The monoisotopic (exact) mass is 493 g/mol. The van der Waals surface area contributed by atoms with Crippen LogP contribution >= 0.6 is 35.7 Å². The Balaban J connectivity index is 0.00000338. The van der Waals surface area contributed by atoms with E-state index in [-0.39, 0.29) is 30.1 Å². The highest BCUT2D eigenvalue weighted by Crippen LogP contribution is 2.29. The summed E-state index contributed by atoms with van der Waals surface area (Å²) in [5, 5.41) is 7.69. The van der Waals surface area contributed by atoms with Crippen molar-refractivity contribution in [2.45, 2.75) is 50.5 Å². The normalized spacial score (nSPS) is 20.8. The molecule has 1 aliphatic rings. The smallest absolute Gasteiger partial charge is 0.191 e. The van der Waals surface area contributed by atoms with E-state index in [1.165, 1.54) is 25.0 Å². The van der Waals surface area contributed by atoms with Crippen LogP contribution in [0.3, 0.4) is 0 Å². The van der Waals surface area contributed by atoms with Crippen LogP contribution in [0.5, 0.6) is 11.5 Å². The lowest BCUT2D eigenvalue weighted by atomic mass is 10.2.